The molecule has 0 bridgehead atoms. The van der Waals surface area contributed by atoms with Gasteiger partial charge in [-0.3, -0.25) is 14.5 Å². The molecule has 0 atom stereocenters. The van der Waals surface area contributed by atoms with Gasteiger partial charge in [-0.15, -0.1) is 0 Å². The van der Waals surface area contributed by atoms with Gasteiger partial charge in [-0.25, -0.2) is 4.98 Å². The number of pyridine rings is 1. The van der Waals surface area contributed by atoms with Crippen molar-refractivity contribution in [3.63, 3.8) is 0 Å². The molecule has 0 fully saturated rings. The SMILES string of the molecule is COc1ccc(-c2n[nH]c(=S)n2CCC(=O)NCc2ccnc(OCC(F)(F)F)c2)cc1. The second kappa shape index (κ2) is 10.3. The molecule has 0 saturated carbocycles. The van der Waals surface area contributed by atoms with Crippen molar-refractivity contribution in [1.29, 1.82) is 0 Å². The first-order valence-electron chi connectivity index (χ1n) is 9.46. The first-order valence-corrected chi connectivity index (χ1v) is 9.87. The van der Waals surface area contributed by atoms with Crippen molar-refractivity contribution in [2.75, 3.05) is 13.7 Å². The second-order valence-corrected chi connectivity index (χ2v) is 7.05. The largest absolute Gasteiger partial charge is 0.497 e. The smallest absolute Gasteiger partial charge is 0.422 e. The number of nitrogens with zero attached hydrogens (tertiary/aromatic N) is 3. The van der Waals surface area contributed by atoms with E-state index in [0.717, 1.165) is 5.56 Å². The zero-order valence-electron chi connectivity index (χ0n) is 17.0. The van der Waals surface area contributed by atoms with Crippen molar-refractivity contribution < 1.29 is 27.4 Å². The zero-order valence-corrected chi connectivity index (χ0v) is 17.8. The number of alkyl halides is 3. The number of aromatic amines is 1. The maximum absolute atomic E-state index is 12.3. The molecule has 1 aromatic carbocycles. The molecule has 1 amide bonds. The van der Waals surface area contributed by atoms with Crippen molar-refractivity contribution in [1.82, 2.24) is 25.1 Å². The van der Waals surface area contributed by atoms with Gasteiger partial charge in [0.15, 0.2) is 17.2 Å². The Morgan fingerprint density at radius 3 is 2.69 bits per heavy atom. The molecule has 0 spiro atoms. The molecule has 32 heavy (non-hydrogen) atoms. The summed E-state index contributed by atoms with van der Waals surface area (Å²) in [4.78, 5) is 16.0. The monoisotopic (exact) mass is 467 g/mol. The number of carbonyl (C=O) groups excluding carboxylic acids is 1. The lowest BCUT2D eigenvalue weighted by Crippen LogP contribution is -2.24. The summed E-state index contributed by atoms with van der Waals surface area (Å²) >= 11 is 5.27. The average molecular weight is 467 g/mol. The Bertz CT molecular complexity index is 1110. The van der Waals surface area contributed by atoms with Gasteiger partial charge in [0, 0.05) is 37.3 Å². The summed E-state index contributed by atoms with van der Waals surface area (Å²) in [6.45, 7) is -1.03. The van der Waals surface area contributed by atoms with E-state index in [1.165, 1.54) is 12.3 Å². The van der Waals surface area contributed by atoms with Crippen molar-refractivity contribution in [2.45, 2.75) is 25.7 Å². The van der Waals surface area contributed by atoms with Crippen molar-refractivity contribution in [3.8, 4) is 23.0 Å². The van der Waals surface area contributed by atoms with E-state index in [0.29, 0.717) is 28.5 Å². The third kappa shape index (κ3) is 6.54. The molecule has 0 radical (unpaired) electrons. The fraction of sp³-hybridized carbons (Fsp3) is 0.300. The average Bonchev–Trinajstić information content (AvgIpc) is 3.15. The Balaban J connectivity index is 1.56. The maximum Gasteiger partial charge on any atom is 0.422 e. The Morgan fingerprint density at radius 1 is 1.25 bits per heavy atom. The van der Waals surface area contributed by atoms with E-state index in [2.05, 4.69) is 25.2 Å². The highest BCUT2D eigenvalue weighted by molar-refractivity contribution is 7.71. The summed E-state index contributed by atoms with van der Waals surface area (Å²) in [7, 11) is 1.58. The minimum atomic E-state index is -4.45. The van der Waals surface area contributed by atoms with Crippen LogP contribution in [0.3, 0.4) is 0 Å². The number of rotatable bonds is 9. The Kier molecular flexibility index (Phi) is 7.46. The third-order valence-corrected chi connectivity index (χ3v) is 4.65. The third-order valence-electron chi connectivity index (χ3n) is 4.34. The van der Waals surface area contributed by atoms with Gasteiger partial charge in [0.2, 0.25) is 11.8 Å². The Labute approximate surface area is 186 Å². The van der Waals surface area contributed by atoms with Crippen LogP contribution in [0.4, 0.5) is 13.2 Å². The summed E-state index contributed by atoms with van der Waals surface area (Å²) < 4.78 is 48.7. The van der Waals surface area contributed by atoms with Gasteiger partial charge in [-0.2, -0.15) is 18.3 Å². The number of amides is 1. The summed E-state index contributed by atoms with van der Waals surface area (Å²) in [6, 6.07) is 10.2. The van der Waals surface area contributed by atoms with Crippen LogP contribution in [-0.4, -0.2) is 45.5 Å². The molecule has 2 heterocycles. The highest BCUT2D eigenvalue weighted by atomic mass is 32.1. The number of methoxy groups -OCH3 is 1. The summed E-state index contributed by atoms with van der Waals surface area (Å²) in [5.41, 5.74) is 1.37. The molecule has 8 nitrogen and oxygen atoms in total. The number of hydrogen-bond acceptors (Lipinski definition) is 6. The molecule has 0 unspecified atom stereocenters. The lowest BCUT2D eigenvalue weighted by Gasteiger charge is -2.10. The Morgan fingerprint density at radius 2 is 2.00 bits per heavy atom. The minimum absolute atomic E-state index is 0.117. The zero-order chi connectivity index (χ0) is 23.1. The van der Waals surface area contributed by atoms with Crippen LogP contribution in [0, 0.1) is 4.77 Å². The van der Waals surface area contributed by atoms with Crippen LogP contribution in [0.25, 0.3) is 11.4 Å². The standard InChI is InChI=1S/C20H20F3N5O3S/c1-30-15-4-2-14(3-5-15)18-26-27-19(32)28(18)9-7-16(29)25-11-13-6-8-24-17(10-13)31-12-20(21,22)23/h2-6,8,10H,7,9,11-12H2,1H3,(H,25,29)(H,27,32). The van der Waals surface area contributed by atoms with E-state index in [1.807, 2.05) is 12.1 Å². The van der Waals surface area contributed by atoms with Crippen LogP contribution in [0.2, 0.25) is 0 Å². The molecule has 170 valence electrons. The molecule has 2 N–H and O–H groups in total. The quantitative estimate of drug-likeness (QED) is 0.467. The fourth-order valence-electron chi connectivity index (χ4n) is 2.78. The second-order valence-electron chi connectivity index (χ2n) is 6.67. The molecular formula is C20H20F3N5O3S. The molecular weight excluding hydrogens is 447 g/mol. The lowest BCUT2D eigenvalue weighted by molar-refractivity contribution is -0.154. The van der Waals surface area contributed by atoms with Crippen molar-refractivity contribution >= 4 is 18.1 Å². The van der Waals surface area contributed by atoms with E-state index in [4.69, 9.17) is 17.0 Å². The minimum Gasteiger partial charge on any atom is -0.497 e. The predicted molar refractivity (Wildman–Crippen MR) is 112 cm³/mol. The fourth-order valence-corrected chi connectivity index (χ4v) is 3.01. The number of aromatic nitrogens is 4. The highest BCUT2D eigenvalue weighted by Crippen LogP contribution is 2.21. The summed E-state index contributed by atoms with van der Waals surface area (Å²) in [5.74, 6) is 0.870. The molecule has 0 aliphatic rings. The van der Waals surface area contributed by atoms with Gasteiger partial charge in [0.25, 0.3) is 0 Å². The number of ether oxygens (including phenoxy) is 2. The predicted octanol–water partition coefficient (Wildman–Crippen LogP) is 3.66. The number of nitrogens with one attached hydrogen (secondary N) is 2. The molecule has 0 aliphatic heterocycles. The van der Waals surface area contributed by atoms with E-state index in [1.54, 1.807) is 29.9 Å². The van der Waals surface area contributed by atoms with E-state index in [-0.39, 0.29) is 24.8 Å². The van der Waals surface area contributed by atoms with Gasteiger partial charge in [-0.05, 0) is 48.1 Å². The van der Waals surface area contributed by atoms with Gasteiger partial charge in [-0.1, -0.05) is 0 Å². The molecule has 3 rings (SSSR count). The highest BCUT2D eigenvalue weighted by Gasteiger charge is 2.28. The Hall–Kier alpha value is -3.41. The first-order chi connectivity index (χ1) is 15.2. The van der Waals surface area contributed by atoms with Crippen molar-refractivity contribution in [3.05, 3.63) is 52.9 Å². The topological polar surface area (TPSA) is 94.1 Å². The number of halogens is 3. The van der Waals surface area contributed by atoms with Crippen LogP contribution in [0.1, 0.15) is 12.0 Å². The number of hydrogen-bond donors (Lipinski definition) is 2. The number of carbonyl (C=O) groups is 1. The van der Waals surface area contributed by atoms with Gasteiger partial charge in [0.05, 0.1) is 7.11 Å². The lowest BCUT2D eigenvalue weighted by atomic mass is 10.2. The molecule has 2 aromatic heterocycles. The summed E-state index contributed by atoms with van der Waals surface area (Å²) in [5, 5.41) is 9.67. The van der Waals surface area contributed by atoms with Gasteiger partial charge in [0.1, 0.15) is 5.75 Å². The van der Waals surface area contributed by atoms with E-state index >= 15 is 0 Å². The number of benzene rings is 1. The molecule has 0 saturated heterocycles. The normalized spacial score (nSPS) is 11.2. The molecule has 3 aromatic rings. The van der Waals surface area contributed by atoms with E-state index < -0.39 is 12.8 Å². The summed E-state index contributed by atoms with van der Waals surface area (Å²) in [6.07, 6.45) is -3.01. The van der Waals surface area contributed by atoms with Crippen LogP contribution in [-0.2, 0) is 17.9 Å². The molecule has 12 heteroatoms. The van der Waals surface area contributed by atoms with Gasteiger partial charge >= 0.3 is 6.18 Å². The van der Waals surface area contributed by atoms with E-state index in [9.17, 15) is 18.0 Å². The number of H-pyrrole nitrogens is 1. The van der Waals surface area contributed by atoms with Crippen molar-refractivity contribution in [2.24, 2.45) is 0 Å². The molecule has 0 aliphatic carbocycles. The maximum atomic E-state index is 12.3. The first kappa shape index (κ1) is 23.3. The van der Waals surface area contributed by atoms with Crippen LogP contribution in [0.15, 0.2) is 42.6 Å². The van der Waals surface area contributed by atoms with Crippen LogP contribution >= 0.6 is 12.2 Å². The van der Waals surface area contributed by atoms with Gasteiger partial charge < -0.3 is 14.8 Å². The van der Waals surface area contributed by atoms with Crippen LogP contribution in [0.5, 0.6) is 11.6 Å². The van der Waals surface area contributed by atoms with Crippen LogP contribution < -0.4 is 14.8 Å².